The van der Waals surface area contributed by atoms with Gasteiger partial charge in [-0.1, -0.05) is 12.1 Å². The Kier molecular flexibility index (Phi) is 4.69. The summed E-state index contributed by atoms with van der Waals surface area (Å²) in [6, 6.07) is 6.44. The number of halogens is 1. The van der Waals surface area contributed by atoms with Crippen LogP contribution in [0.4, 0.5) is 0 Å². The van der Waals surface area contributed by atoms with Crippen LogP contribution in [0.2, 0.25) is 0 Å². The van der Waals surface area contributed by atoms with E-state index in [0.29, 0.717) is 0 Å². The van der Waals surface area contributed by atoms with Gasteiger partial charge in [-0.2, -0.15) is 0 Å². The van der Waals surface area contributed by atoms with E-state index in [1.807, 2.05) is 6.92 Å². The number of hydrogen-bond acceptors (Lipinski definition) is 3. The molecular formula is C13H17ClN2S. The van der Waals surface area contributed by atoms with Crippen molar-refractivity contribution in [2.45, 2.75) is 26.8 Å². The fraction of sp³-hybridized carbons (Fsp3) is 0.308. The molecule has 0 fully saturated rings. The molecule has 17 heavy (non-hydrogen) atoms. The molecule has 1 aromatic heterocycles. The van der Waals surface area contributed by atoms with Crippen LogP contribution >= 0.6 is 23.7 Å². The molecule has 1 aromatic carbocycles. The number of hydrogen-bond donors (Lipinski definition) is 1. The fourth-order valence-electron chi connectivity index (χ4n) is 1.53. The third kappa shape index (κ3) is 3.06. The summed E-state index contributed by atoms with van der Waals surface area (Å²) < 4.78 is 0. The van der Waals surface area contributed by atoms with E-state index in [0.717, 1.165) is 10.7 Å². The molecule has 2 aromatic rings. The minimum Gasteiger partial charge on any atom is -0.322 e. The largest absolute Gasteiger partial charge is 0.322 e. The van der Waals surface area contributed by atoms with Crippen LogP contribution in [0.3, 0.4) is 0 Å². The molecule has 0 aliphatic rings. The van der Waals surface area contributed by atoms with Gasteiger partial charge in [-0.3, -0.25) is 0 Å². The van der Waals surface area contributed by atoms with Crippen LogP contribution in [0.1, 0.15) is 29.1 Å². The van der Waals surface area contributed by atoms with Crippen molar-refractivity contribution < 1.29 is 0 Å². The van der Waals surface area contributed by atoms with Gasteiger partial charge in [-0.25, -0.2) is 4.98 Å². The van der Waals surface area contributed by atoms with Gasteiger partial charge < -0.3 is 5.73 Å². The number of nitrogens with two attached hydrogens (primary N) is 1. The Bertz CT molecular complexity index is 506. The molecule has 0 amide bonds. The molecule has 0 spiro atoms. The van der Waals surface area contributed by atoms with Gasteiger partial charge >= 0.3 is 0 Å². The molecule has 92 valence electrons. The number of benzene rings is 1. The Morgan fingerprint density at radius 2 is 1.94 bits per heavy atom. The highest BCUT2D eigenvalue weighted by Gasteiger charge is 2.08. The summed E-state index contributed by atoms with van der Waals surface area (Å²) in [6.07, 6.45) is 0. The summed E-state index contributed by atoms with van der Waals surface area (Å²) in [4.78, 5) is 4.54. The van der Waals surface area contributed by atoms with Crippen LogP contribution in [-0.2, 0) is 0 Å². The minimum absolute atomic E-state index is 0. The number of thiazole rings is 1. The zero-order chi connectivity index (χ0) is 11.7. The average molecular weight is 269 g/mol. The molecule has 0 bridgehead atoms. The third-order valence-electron chi connectivity index (χ3n) is 2.71. The average Bonchev–Trinajstić information content (AvgIpc) is 2.71. The molecule has 2 rings (SSSR count). The monoisotopic (exact) mass is 268 g/mol. The molecule has 0 saturated carbocycles. The maximum Gasteiger partial charge on any atom is 0.110 e. The molecule has 0 aliphatic heterocycles. The normalized spacial score (nSPS) is 12.0. The Labute approximate surface area is 112 Å². The number of aromatic nitrogens is 1. The maximum absolute atomic E-state index is 5.81. The van der Waals surface area contributed by atoms with Crippen molar-refractivity contribution >= 4 is 23.7 Å². The van der Waals surface area contributed by atoms with Gasteiger partial charge in [0.25, 0.3) is 0 Å². The second-order valence-corrected chi connectivity index (χ2v) is 5.05. The van der Waals surface area contributed by atoms with E-state index in [9.17, 15) is 0 Å². The Morgan fingerprint density at radius 1 is 1.24 bits per heavy atom. The lowest BCUT2D eigenvalue weighted by Crippen LogP contribution is -2.03. The highest BCUT2D eigenvalue weighted by atomic mass is 35.5. The van der Waals surface area contributed by atoms with Crippen LogP contribution in [0.15, 0.2) is 23.6 Å². The molecule has 2 N–H and O–H groups in total. The standard InChI is InChI=1S/C13H16N2S.ClH/c1-8-4-5-11(6-9(8)2)12-7-16-13(15-12)10(3)14;/h4-7,10H,14H2,1-3H3;1H. The molecule has 1 atom stereocenters. The number of nitrogens with zero attached hydrogens (tertiary/aromatic N) is 1. The second kappa shape index (κ2) is 5.63. The Morgan fingerprint density at radius 3 is 2.47 bits per heavy atom. The smallest absolute Gasteiger partial charge is 0.110 e. The predicted molar refractivity (Wildman–Crippen MR) is 76.9 cm³/mol. The van der Waals surface area contributed by atoms with Crippen LogP contribution in [0.25, 0.3) is 11.3 Å². The van der Waals surface area contributed by atoms with Crippen molar-refractivity contribution in [2.75, 3.05) is 0 Å². The molecule has 2 nitrogen and oxygen atoms in total. The first-order chi connectivity index (χ1) is 7.58. The Hall–Kier alpha value is -0.900. The summed E-state index contributed by atoms with van der Waals surface area (Å²) in [5, 5.41) is 3.07. The van der Waals surface area contributed by atoms with Gasteiger partial charge in [0, 0.05) is 10.9 Å². The number of rotatable bonds is 2. The quantitative estimate of drug-likeness (QED) is 0.898. The van der Waals surface area contributed by atoms with Crippen molar-refractivity contribution in [1.29, 1.82) is 0 Å². The van der Waals surface area contributed by atoms with E-state index in [-0.39, 0.29) is 18.4 Å². The lowest BCUT2D eigenvalue weighted by atomic mass is 10.1. The van der Waals surface area contributed by atoms with Gasteiger partial charge in [0.2, 0.25) is 0 Å². The zero-order valence-corrected chi connectivity index (χ0v) is 11.9. The van der Waals surface area contributed by atoms with E-state index in [2.05, 4.69) is 42.4 Å². The van der Waals surface area contributed by atoms with Crippen molar-refractivity contribution in [1.82, 2.24) is 4.98 Å². The van der Waals surface area contributed by atoms with Crippen LogP contribution in [0.5, 0.6) is 0 Å². The van der Waals surface area contributed by atoms with E-state index in [1.165, 1.54) is 16.7 Å². The molecule has 0 aliphatic carbocycles. The van der Waals surface area contributed by atoms with Gasteiger partial charge in [0.1, 0.15) is 5.01 Å². The third-order valence-corrected chi connectivity index (χ3v) is 3.76. The van der Waals surface area contributed by atoms with Crippen molar-refractivity contribution in [3.05, 3.63) is 39.7 Å². The van der Waals surface area contributed by atoms with Gasteiger partial charge in [-0.05, 0) is 38.0 Å². The van der Waals surface area contributed by atoms with Crippen molar-refractivity contribution in [3.63, 3.8) is 0 Å². The van der Waals surface area contributed by atoms with Crippen molar-refractivity contribution in [2.24, 2.45) is 5.73 Å². The maximum atomic E-state index is 5.81. The fourth-order valence-corrected chi connectivity index (χ4v) is 2.32. The Balaban J connectivity index is 0.00000144. The first-order valence-electron chi connectivity index (χ1n) is 5.36. The van der Waals surface area contributed by atoms with E-state index < -0.39 is 0 Å². The lowest BCUT2D eigenvalue weighted by Gasteiger charge is -2.02. The summed E-state index contributed by atoms with van der Waals surface area (Å²) in [5.41, 5.74) is 10.6. The summed E-state index contributed by atoms with van der Waals surface area (Å²) in [5.74, 6) is 0. The lowest BCUT2D eigenvalue weighted by molar-refractivity contribution is 0.808. The van der Waals surface area contributed by atoms with Crippen LogP contribution < -0.4 is 5.73 Å². The molecule has 1 unspecified atom stereocenters. The highest BCUT2D eigenvalue weighted by molar-refractivity contribution is 7.10. The van der Waals surface area contributed by atoms with E-state index >= 15 is 0 Å². The summed E-state index contributed by atoms with van der Waals surface area (Å²) >= 11 is 1.63. The minimum atomic E-state index is 0. The first kappa shape index (κ1) is 14.2. The van der Waals surface area contributed by atoms with Crippen LogP contribution in [-0.4, -0.2) is 4.98 Å². The summed E-state index contributed by atoms with van der Waals surface area (Å²) in [6.45, 7) is 6.20. The second-order valence-electron chi connectivity index (χ2n) is 4.16. The molecular weight excluding hydrogens is 252 g/mol. The molecule has 0 saturated heterocycles. The molecule has 1 heterocycles. The highest BCUT2D eigenvalue weighted by Crippen LogP contribution is 2.25. The summed E-state index contributed by atoms with van der Waals surface area (Å²) in [7, 11) is 0. The van der Waals surface area contributed by atoms with Gasteiger partial charge in [0.05, 0.1) is 11.7 Å². The predicted octanol–water partition coefficient (Wildman–Crippen LogP) is 3.87. The molecule has 4 heteroatoms. The number of aryl methyl sites for hydroxylation is 2. The van der Waals surface area contributed by atoms with Crippen molar-refractivity contribution in [3.8, 4) is 11.3 Å². The van der Waals surface area contributed by atoms with E-state index in [1.54, 1.807) is 11.3 Å². The van der Waals surface area contributed by atoms with Crippen LogP contribution in [0, 0.1) is 13.8 Å². The van der Waals surface area contributed by atoms with E-state index in [4.69, 9.17) is 5.73 Å². The topological polar surface area (TPSA) is 38.9 Å². The zero-order valence-electron chi connectivity index (χ0n) is 10.2. The SMILES string of the molecule is Cc1ccc(-c2csc(C(C)N)n2)cc1C.Cl. The van der Waals surface area contributed by atoms with Gasteiger partial charge in [0.15, 0.2) is 0 Å². The first-order valence-corrected chi connectivity index (χ1v) is 6.24. The van der Waals surface area contributed by atoms with Gasteiger partial charge in [-0.15, -0.1) is 23.7 Å². The molecule has 0 radical (unpaired) electrons.